The zero-order chi connectivity index (χ0) is 20.5. The summed E-state index contributed by atoms with van der Waals surface area (Å²) < 4.78 is 33.4. The number of hydrogen-bond acceptors (Lipinski definition) is 4. The molecule has 1 amide bonds. The van der Waals surface area contributed by atoms with Gasteiger partial charge in [0.15, 0.2) is 6.61 Å². The van der Waals surface area contributed by atoms with E-state index < -0.39 is 10.0 Å². The van der Waals surface area contributed by atoms with Gasteiger partial charge in [-0.05, 0) is 75.2 Å². The molecule has 1 aliphatic heterocycles. The van der Waals surface area contributed by atoms with Crippen LogP contribution in [0.3, 0.4) is 0 Å². The molecule has 1 heterocycles. The Morgan fingerprint density at radius 3 is 2.57 bits per heavy atom. The highest BCUT2D eigenvalue weighted by Crippen LogP contribution is 2.34. The molecular weight excluding hydrogens is 444 g/mol. The topological polar surface area (TPSA) is 75.7 Å². The van der Waals surface area contributed by atoms with Crippen molar-refractivity contribution in [2.45, 2.75) is 44.2 Å². The molecule has 0 saturated heterocycles. The summed E-state index contributed by atoms with van der Waals surface area (Å²) in [7, 11) is -3.55. The normalized spacial score (nSPS) is 16.3. The first-order chi connectivity index (χ1) is 13.2. The van der Waals surface area contributed by atoms with E-state index in [2.05, 4.69) is 20.7 Å². The average molecular weight is 467 g/mol. The summed E-state index contributed by atoms with van der Waals surface area (Å²) in [5.41, 5.74) is 2.04. The fourth-order valence-corrected chi connectivity index (χ4v) is 4.95. The van der Waals surface area contributed by atoms with Crippen molar-refractivity contribution in [1.82, 2.24) is 4.72 Å². The first-order valence-electron chi connectivity index (χ1n) is 9.03. The van der Waals surface area contributed by atoms with Crippen molar-refractivity contribution in [2.75, 3.05) is 11.5 Å². The van der Waals surface area contributed by atoms with Crippen LogP contribution in [0.5, 0.6) is 5.75 Å². The average Bonchev–Trinajstić information content (AvgIpc) is 2.93. The highest BCUT2D eigenvalue weighted by molar-refractivity contribution is 9.10. The van der Waals surface area contributed by atoms with Crippen LogP contribution < -0.4 is 14.4 Å². The van der Waals surface area contributed by atoms with E-state index >= 15 is 0 Å². The SMILES string of the molecule is CC(C)NS(=O)(=O)c1ccc(OCC(=O)N2c3ccc(Br)cc3CC2C)cc1. The van der Waals surface area contributed by atoms with Crippen molar-refractivity contribution < 1.29 is 17.9 Å². The third-order valence-corrected chi connectivity index (χ3v) is 6.58. The van der Waals surface area contributed by atoms with Gasteiger partial charge in [-0.25, -0.2) is 13.1 Å². The maximum Gasteiger partial charge on any atom is 0.265 e. The molecule has 0 fully saturated rings. The predicted octanol–water partition coefficient (Wildman–Crippen LogP) is 3.49. The minimum Gasteiger partial charge on any atom is -0.484 e. The number of fused-ring (bicyclic) bond motifs is 1. The van der Waals surface area contributed by atoms with Gasteiger partial charge in [0.05, 0.1) is 4.90 Å². The van der Waals surface area contributed by atoms with Crippen LogP contribution in [0, 0.1) is 0 Å². The summed E-state index contributed by atoms with van der Waals surface area (Å²) in [6.07, 6.45) is 0.802. The van der Waals surface area contributed by atoms with E-state index in [4.69, 9.17) is 4.74 Å². The van der Waals surface area contributed by atoms with E-state index in [0.717, 1.165) is 22.1 Å². The van der Waals surface area contributed by atoms with E-state index in [0.29, 0.717) is 5.75 Å². The Hall–Kier alpha value is -1.90. The second-order valence-electron chi connectivity index (χ2n) is 7.13. The molecular formula is C20H23BrN2O4S. The molecule has 1 N–H and O–H groups in total. The van der Waals surface area contributed by atoms with Gasteiger partial charge in [0.1, 0.15) is 5.75 Å². The number of halogens is 1. The molecule has 8 heteroatoms. The maximum absolute atomic E-state index is 12.7. The number of benzene rings is 2. The number of anilines is 1. The fraction of sp³-hybridized carbons (Fsp3) is 0.350. The van der Waals surface area contributed by atoms with Gasteiger partial charge in [-0.15, -0.1) is 0 Å². The molecule has 2 aromatic rings. The Balaban J connectivity index is 1.66. The van der Waals surface area contributed by atoms with Crippen molar-refractivity contribution in [3.63, 3.8) is 0 Å². The lowest BCUT2D eigenvalue weighted by Crippen LogP contribution is -2.39. The van der Waals surface area contributed by atoms with Crippen molar-refractivity contribution in [1.29, 1.82) is 0 Å². The van der Waals surface area contributed by atoms with Crippen molar-refractivity contribution in [3.8, 4) is 5.75 Å². The molecule has 0 radical (unpaired) electrons. The first-order valence-corrected chi connectivity index (χ1v) is 11.3. The van der Waals surface area contributed by atoms with E-state index in [-0.39, 0.29) is 29.5 Å². The zero-order valence-corrected chi connectivity index (χ0v) is 18.4. The van der Waals surface area contributed by atoms with E-state index in [1.807, 2.05) is 25.1 Å². The minimum absolute atomic E-state index is 0.0648. The van der Waals surface area contributed by atoms with Crippen LogP contribution >= 0.6 is 15.9 Å². The lowest BCUT2D eigenvalue weighted by molar-refractivity contribution is -0.120. The Morgan fingerprint density at radius 1 is 1.25 bits per heavy atom. The van der Waals surface area contributed by atoms with Crippen molar-refractivity contribution >= 4 is 37.5 Å². The van der Waals surface area contributed by atoms with Crippen LogP contribution in [0.25, 0.3) is 0 Å². The van der Waals surface area contributed by atoms with Crippen molar-refractivity contribution in [3.05, 3.63) is 52.5 Å². The van der Waals surface area contributed by atoms with E-state index in [9.17, 15) is 13.2 Å². The van der Waals surface area contributed by atoms with Gasteiger partial charge in [0.25, 0.3) is 5.91 Å². The Labute approximate surface area is 174 Å². The summed E-state index contributed by atoms with van der Waals surface area (Å²) >= 11 is 3.46. The fourth-order valence-electron chi connectivity index (χ4n) is 3.29. The molecule has 0 spiro atoms. The maximum atomic E-state index is 12.7. The molecule has 0 aromatic heterocycles. The second-order valence-corrected chi connectivity index (χ2v) is 9.76. The molecule has 1 unspecified atom stereocenters. The molecule has 0 aliphatic carbocycles. The first kappa shape index (κ1) is 20.8. The lowest BCUT2D eigenvalue weighted by atomic mass is 10.1. The number of carbonyl (C=O) groups is 1. The highest BCUT2D eigenvalue weighted by atomic mass is 79.9. The van der Waals surface area contributed by atoms with Crippen LogP contribution in [0.15, 0.2) is 51.8 Å². The number of nitrogens with zero attached hydrogens (tertiary/aromatic N) is 1. The standard InChI is InChI=1S/C20H23BrN2O4S/c1-13(2)22-28(25,26)18-7-5-17(6-8-18)27-12-20(24)23-14(3)10-15-11-16(21)4-9-19(15)23/h4-9,11,13-14,22H,10,12H2,1-3H3. The van der Waals surface area contributed by atoms with Crippen LogP contribution in [0.2, 0.25) is 0 Å². The summed E-state index contributed by atoms with van der Waals surface area (Å²) in [5.74, 6) is 0.312. The summed E-state index contributed by atoms with van der Waals surface area (Å²) in [6, 6.07) is 11.8. The summed E-state index contributed by atoms with van der Waals surface area (Å²) in [4.78, 5) is 14.6. The van der Waals surface area contributed by atoms with Crippen LogP contribution in [-0.4, -0.2) is 33.0 Å². The van der Waals surface area contributed by atoms with Gasteiger partial charge in [-0.1, -0.05) is 15.9 Å². The number of ether oxygens (including phenoxy) is 1. The lowest BCUT2D eigenvalue weighted by Gasteiger charge is -2.22. The zero-order valence-electron chi connectivity index (χ0n) is 16.0. The smallest absolute Gasteiger partial charge is 0.265 e. The van der Waals surface area contributed by atoms with Gasteiger partial charge in [0, 0.05) is 22.2 Å². The minimum atomic E-state index is -3.55. The Morgan fingerprint density at radius 2 is 1.93 bits per heavy atom. The third kappa shape index (κ3) is 4.56. The monoisotopic (exact) mass is 466 g/mol. The molecule has 0 bridgehead atoms. The molecule has 6 nitrogen and oxygen atoms in total. The van der Waals surface area contributed by atoms with Gasteiger partial charge >= 0.3 is 0 Å². The highest BCUT2D eigenvalue weighted by Gasteiger charge is 2.31. The molecule has 150 valence electrons. The number of amides is 1. The molecule has 1 atom stereocenters. The van der Waals surface area contributed by atoms with Crippen LogP contribution in [-0.2, 0) is 21.2 Å². The second kappa shape index (κ2) is 8.23. The van der Waals surface area contributed by atoms with E-state index in [1.54, 1.807) is 30.9 Å². The van der Waals surface area contributed by atoms with Crippen LogP contribution in [0.4, 0.5) is 5.69 Å². The van der Waals surface area contributed by atoms with Gasteiger partial charge in [-0.3, -0.25) is 4.79 Å². The molecule has 28 heavy (non-hydrogen) atoms. The number of hydrogen-bond donors (Lipinski definition) is 1. The van der Waals surface area contributed by atoms with Gasteiger partial charge in [0.2, 0.25) is 10.0 Å². The molecule has 2 aromatic carbocycles. The predicted molar refractivity (Wildman–Crippen MR) is 112 cm³/mol. The molecule has 0 saturated carbocycles. The molecule has 1 aliphatic rings. The largest absolute Gasteiger partial charge is 0.484 e. The van der Waals surface area contributed by atoms with Crippen molar-refractivity contribution in [2.24, 2.45) is 0 Å². The molecule has 3 rings (SSSR count). The number of carbonyl (C=O) groups excluding carboxylic acids is 1. The third-order valence-electron chi connectivity index (χ3n) is 4.41. The number of rotatable bonds is 6. The van der Waals surface area contributed by atoms with E-state index in [1.165, 1.54) is 12.1 Å². The number of sulfonamides is 1. The summed E-state index contributed by atoms with van der Waals surface area (Å²) in [6.45, 7) is 5.41. The quantitative estimate of drug-likeness (QED) is 0.706. The Bertz CT molecular complexity index is 974. The Kier molecular flexibility index (Phi) is 6.12. The number of nitrogens with one attached hydrogen (secondary N) is 1. The van der Waals surface area contributed by atoms with Gasteiger partial charge in [-0.2, -0.15) is 0 Å². The van der Waals surface area contributed by atoms with Gasteiger partial charge < -0.3 is 9.64 Å². The summed E-state index contributed by atoms with van der Waals surface area (Å²) in [5, 5.41) is 0. The van der Waals surface area contributed by atoms with Crippen LogP contribution in [0.1, 0.15) is 26.3 Å².